The first kappa shape index (κ1) is 16.1. The van der Waals surface area contributed by atoms with Gasteiger partial charge >= 0.3 is 0 Å². The summed E-state index contributed by atoms with van der Waals surface area (Å²) in [6.07, 6.45) is 3.19. The van der Waals surface area contributed by atoms with Crippen molar-refractivity contribution in [3.05, 3.63) is 58.6 Å². The molecule has 4 nitrogen and oxygen atoms in total. The van der Waals surface area contributed by atoms with Crippen molar-refractivity contribution in [2.75, 3.05) is 19.5 Å². The Morgan fingerprint density at radius 1 is 1.14 bits per heavy atom. The summed E-state index contributed by atoms with van der Waals surface area (Å²) in [6.45, 7) is 0. The Labute approximate surface area is 137 Å². The number of hydrogen-bond donors (Lipinski definition) is 1. The van der Waals surface area contributed by atoms with E-state index in [0.717, 1.165) is 15.7 Å². The molecule has 0 aromatic heterocycles. The fourth-order valence-corrected chi connectivity index (χ4v) is 2.53. The molecule has 0 aliphatic rings. The average molecular weight is 362 g/mol. The van der Waals surface area contributed by atoms with Crippen LogP contribution in [0.2, 0.25) is 0 Å². The fraction of sp³-hybridized carbons (Fsp3) is 0.118. The molecule has 0 radical (unpaired) electrons. The summed E-state index contributed by atoms with van der Waals surface area (Å²) in [5.74, 6) is 1.02. The summed E-state index contributed by atoms with van der Waals surface area (Å²) in [5, 5.41) is 2.78. The quantitative estimate of drug-likeness (QED) is 0.814. The van der Waals surface area contributed by atoms with Gasteiger partial charge in [-0.15, -0.1) is 0 Å². The molecule has 1 amide bonds. The maximum atomic E-state index is 11.9. The number of anilines is 1. The molecule has 0 aliphatic carbocycles. The second-order valence-corrected chi connectivity index (χ2v) is 5.28. The van der Waals surface area contributed by atoms with Gasteiger partial charge in [-0.05, 0) is 51.8 Å². The smallest absolute Gasteiger partial charge is 0.248 e. The van der Waals surface area contributed by atoms with Crippen molar-refractivity contribution >= 4 is 33.6 Å². The summed E-state index contributed by atoms with van der Waals surface area (Å²) in [7, 11) is 3.14. The summed E-state index contributed by atoms with van der Waals surface area (Å²) >= 11 is 3.42. The molecule has 2 aromatic rings. The average Bonchev–Trinajstić information content (AvgIpc) is 2.53. The highest BCUT2D eigenvalue weighted by atomic mass is 79.9. The van der Waals surface area contributed by atoms with Gasteiger partial charge in [-0.25, -0.2) is 0 Å². The van der Waals surface area contributed by atoms with Crippen molar-refractivity contribution in [2.24, 2.45) is 0 Å². The number of para-hydroxylation sites is 1. The van der Waals surface area contributed by atoms with Crippen LogP contribution in [0.15, 0.2) is 53.0 Å². The highest BCUT2D eigenvalue weighted by Gasteiger charge is 2.09. The third-order valence-electron chi connectivity index (χ3n) is 2.92. The zero-order chi connectivity index (χ0) is 15.9. The molecule has 0 fully saturated rings. The van der Waals surface area contributed by atoms with E-state index in [9.17, 15) is 4.79 Å². The molecule has 2 aromatic carbocycles. The summed E-state index contributed by atoms with van der Waals surface area (Å²) in [6, 6.07) is 12.9. The van der Waals surface area contributed by atoms with Crippen LogP contribution >= 0.6 is 15.9 Å². The number of amides is 1. The van der Waals surface area contributed by atoms with Crippen molar-refractivity contribution in [2.45, 2.75) is 0 Å². The van der Waals surface area contributed by atoms with Crippen LogP contribution in [0, 0.1) is 0 Å². The van der Waals surface area contributed by atoms with Gasteiger partial charge in [-0.1, -0.05) is 18.2 Å². The van der Waals surface area contributed by atoms with E-state index in [4.69, 9.17) is 9.47 Å². The standard InChI is InChI=1S/C17H16BrNO3/c1-21-15-11-12(10-14(18)17(15)22-2)8-9-16(20)19-13-6-4-3-5-7-13/h3-11H,1-2H3,(H,19,20)/b9-8+. The predicted molar refractivity (Wildman–Crippen MR) is 91.4 cm³/mol. The predicted octanol–water partition coefficient (Wildman–Crippen LogP) is 4.12. The van der Waals surface area contributed by atoms with Crippen LogP contribution in [0.4, 0.5) is 5.69 Å². The van der Waals surface area contributed by atoms with Crippen molar-refractivity contribution in [1.29, 1.82) is 0 Å². The van der Waals surface area contributed by atoms with Gasteiger partial charge in [-0.2, -0.15) is 0 Å². The van der Waals surface area contributed by atoms with Crippen LogP contribution < -0.4 is 14.8 Å². The summed E-state index contributed by atoms with van der Waals surface area (Å²) in [5.41, 5.74) is 1.58. The molecule has 0 saturated carbocycles. The first-order valence-electron chi connectivity index (χ1n) is 6.59. The number of benzene rings is 2. The largest absolute Gasteiger partial charge is 0.493 e. The van der Waals surface area contributed by atoms with Crippen molar-refractivity contribution < 1.29 is 14.3 Å². The number of carbonyl (C=O) groups is 1. The second-order valence-electron chi connectivity index (χ2n) is 4.43. The van der Waals surface area contributed by atoms with E-state index in [1.165, 1.54) is 6.08 Å². The Morgan fingerprint density at radius 2 is 1.86 bits per heavy atom. The zero-order valence-corrected chi connectivity index (χ0v) is 13.9. The molecule has 1 N–H and O–H groups in total. The van der Waals surface area contributed by atoms with E-state index in [1.807, 2.05) is 36.4 Å². The Bertz CT molecular complexity index is 684. The van der Waals surface area contributed by atoms with Gasteiger partial charge in [0.05, 0.1) is 18.7 Å². The Morgan fingerprint density at radius 3 is 2.50 bits per heavy atom. The van der Waals surface area contributed by atoms with Crippen molar-refractivity contribution in [3.63, 3.8) is 0 Å². The molecule has 114 valence electrons. The lowest BCUT2D eigenvalue weighted by atomic mass is 10.2. The van der Waals surface area contributed by atoms with Gasteiger partial charge in [-0.3, -0.25) is 4.79 Å². The van der Waals surface area contributed by atoms with E-state index in [1.54, 1.807) is 26.4 Å². The molecule has 5 heteroatoms. The van der Waals surface area contributed by atoms with E-state index in [0.29, 0.717) is 11.5 Å². The van der Waals surface area contributed by atoms with Crippen LogP contribution in [-0.2, 0) is 4.79 Å². The molecule has 2 rings (SSSR count). The van der Waals surface area contributed by atoms with E-state index in [2.05, 4.69) is 21.2 Å². The minimum atomic E-state index is -0.197. The lowest BCUT2D eigenvalue weighted by Gasteiger charge is -2.10. The van der Waals surface area contributed by atoms with Gasteiger partial charge in [0, 0.05) is 11.8 Å². The fourth-order valence-electron chi connectivity index (χ4n) is 1.91. The van der Waals surface area contributed by atoms with Crippen LogP contribution in [-0.4, -0.2) is 20.1 Å². The number of methoxy groups -OCH3 is 2. The molecule has 0 saturated heterocycles. The minimum Gasteiger partial charge on any atom is -0.493 e. The number of hydrogen-bond acceptors (Lipinski definition) is 3. The maximum absolute atomic E-state index is 11.9. The third-order valence-corrected chi connectivity index (χ3v) is 3.51. The maximum Gasteiger partial charge on any atom is 0.248 e. The second kappa shape index (κ2) is 7.66. The van der Waals surface area contributed by atoms with E-state index >= 15 is 0 Å². The Kier molecular flexibility index (Phi) is 5.61. The monoisotopic (exact) mass is 361 g/mol. The molecule has 0 atom stereocenters. The minimum absolute atomic E-state index is 0.197. The highest BCUT2D eigenvalue weighted by molar-refractivity contribution is 9.10. The van der Waals surface area contributed by atoms with Gasteiger partial charge in [0.15, 0.2) is 11.5 Å². The first-order valence-corrected chi connectivity index (χ1v) is 7.39. The van der Waals surface area contributed by atoms with Crippen LogP contribution in [0.1, 0.15) is 5.56 Å². The summed E-state index contributed by atoms with van der Waals surface area (Å²) < 4.78 is 11.3. The normalized spacial score (nSPS) is 10.5. The number of carbonyl (C=O) groups excluding carboxylic acids is 1. The molecule has 0 aliphatic heterocycles. The van der Waals surface area contributed by atoms with Crippen molar-refractivity contribution in [1.82, 2.24) is 0 Å². The molecule has 0 heterocycles. The lowest BCUT2D eigenvalue weighted by Crippen LogP contribution is -2.07. The van der Waals surface area contributed by atoms with E-state index < -0.39 is 0 Å². The van der Waals surface area contributed by atoms with Gasteiger partial charge in [0.2, 0.25) is 5.91 Å². The third kappa shape index (κ3) is 4.11. The highest BCUT2D eigenvalue weighted by Crippen LogP contribution is 2.36. The molecule has 0 bridgehead atoms. The van der Waals surface area contributed by atoms with Gasteiger partial charge < -0.3 is 14.8 Å². The molecular formula is C17H16BrNO3. The zero-order valence-electron chi connectivity index (χ0n) is 12.3. The van der Waals surface area contributed by atoms with E-state index in [-0.39, 0.29) is 5.91 Å². The topological polar surface area (TPSA) is 47.6 Å². The SMILES string of the molecule is COc1cc(/C=C/C(=O)Nc2ccccc2)cc(Br)c1OC. The van der Waals surface area contributed by atoms with Crippen LogP contribution in [0.25, 0.3) is 6.08 Å². The van der Waals surface area contributed by atoms with Crippen molar-refractivity contribution in [3.8, 4) is 11.5 Å². The summed E-state index contributed by atoms with van der Waals surface area (Å²) in [4.78, 5) is 11.9. The van der Waals surface area contributed by atoms with Gasteiger partial charge in [0.25, 0.3) is 0 Å². The molecule has 0 unspecified atom stereocenters. The molecular weight excluding hydrogens is 346 g/mol. The number of nitrogens with one attached hydrogen (secondary N) is 1. The van der Waals surface area contributed by atoms with Gasteiger partial charge in [0.1, 0.15) is 0 Å². The van der Waals surface area contributed by atoms with Crippen LogP contribution in [0.5, 0.6) is 11.5 Å². The Balaban J connectivity index is 2.13. The Hall–Kier alpha value is -2.27. The lowest BCUT2D eigenvalue weighted by molar-refractivity contribution is -0.111. The number of rotatable bonds is 5. The number of halogens is 1. The molecule has 0 spiro atoms. The van der Waals surface area contributed by atoms with Crippen LogP contribution in [0.3, 0.4) is 0 Å². The first-order chi connectivity index (χ1) is 10.6. The number of ether oxygens (including phenoxy) is 2. The molecule has 22 heavy (non-hydrogen) atoms.